The molecule has 34 heavy (non-hydrogen) atoms. The number of carbonyl (C=O) groups is 1. The third-order valence-corrected chi connectivity index (χ3v) is 5.45. The third kappa shape index (κ3) is 5.56. The summed E-state index contributed by atoms with van der Waals surface area (Å²) in [5, 5.41) is 6.43. The van der Waals surface area contributed by atoms with Gasteiger partial charge in [0.15, 0.2) is 0 Å². The van der Waals surface area contributed by atoms with Crippen LogP contribution in [-0.4, -0.2) is 28.0 Å². The van der Waals surface area contributed by atoms with Gasteiger partial charge < -0.3 is 15.4 Å². The number of hydrogen-bond acceptors (Lipinski definition) is 6. The molecule has 7 heteroatoms. The summed E-state index contributed by atoms with van der Waals surface area (Å²) in [5.41, 5.74) is 4.83. The standard InChI is InChI=1S/C27H27N5O2/c1-4-24(31-26-17-28-16-25(32-26)20-8-6-10-23(14-20)34-3)19-7-5-9-22(13-19)30-27(33)21-12-11-18(2)29-15-21/h5-17,24H,4H2,1-3H3,(H,30,33)(H,31,32)/t24-/m0/s1. The van der Waals surface area contributed by atoms with E-state index in [4.69, 9.17) is 9.72 Å². The number of pyridine rings is 1. The maximum Gasteiger partial charge on any atom is 0.257 e. The van der Waals surface area contributed by atoms with E-state index in [-0.39, 0.29) is 11.9 Å². The van der Waals surface area contributed by atoms with Crippen LogP contribution in [0.25, 0.3) is 11.3 Å². The zero-order chi connectivity index (χ0) is 23.9. The molecule has 7 nitrogen and oxygen atoms in total. The Balaban J connectivity index is 1.51. The van der Waals surface area contributed by atoms with Crippen LogP contribution in [0.2, 0.25) is 0 Å². The van der Waals surface area contributed by atoms with Gasteiger partial charge in [0.25, 0.3) is 5.91 Å². The fourth-order valence-corrected chi connectivity index (χ4v) is 3.60. The van der Waals surface area contributed by atoms with Gasteiger partial charge in [0.1, 0.15) is 11.6 Å². The van der Waals surface area contributed by atoms with Crippen molar-refractivity contribution in [2.75, 3.05) is 17.7 Å². The molecule has 0 bridgehead atoms. The highest BCUT2D eigenvalue weighted by Crippen LogP contribution is 2.26. The number of benzene rings is 2. The summed E-state index contributed by atoms with van der Waals surface area (Å²) in [6.07, 6.45) is 5.85. The number of aromatic nitrogens is 3. The number of anilines is 2. The van der Waals surface area contributed by atoms with Crippen LogP contribution < -0.4 is 15.4 Å². The molecule has 0 fully saturated rings. The second-order valence-corrected chi connectivity index (χ2v) is 7.89. The molecule has 2 aromatic carbocycles. The van der Waals surface area contributed by atoms with Gasteiger partial charge in [0.05, 0.1) is 36.8 Å². The molecule has 0 radical (unpaired) electrons. The van der Waals surface area contributed by atoms with Crippen molar-refractivity contribution in [3.05, 3.63) is 96.1 Å². The smallest absolute Gasteiger partial charge is 0.257 e. The van der Waals surface area contributed by atoms with E-state index in [0.29, 0.717) is 11.4 Å². The van der Waals surface area contributed by atoms with E-state index in [9.17, 15) is 4.79 Å². The number of amides is 1. The van der Waals surface area contributed by atoms with Gasteiger partial charge in [0.2, 0.25) is 0 Å². The monoisotopic (exact) mass is 453 g/mol. The summed E-state index contributed by atoms with van der Waals surface area (Å²) >= 11 is 0. The number of rotatable bonds is 8. The van der Waals surface area contributed by atoms with E-state index in [0.717, 1.165) is 40.4 Å². The molecule has 0 aliphatic rings. The number of aryl methyl sites for hydroxylation is 1. The van der Waals surface area contributed by atoms with Gasteiger partial charge in [-0.15, -0.1) is 0 Å². The van der Waals surface area contributed by atoms with E-state index in [1.807, 2.05) is 61.5 Å². The Labute approximate surface area is 199 Å². The average molecular weight is 454 g/mol. The lowest BCUT2D eigenvalue weighted by Crippen LogP contribution is -2.14. The van der Waals surface area contributed by atoms with Gasteiger partial charge >= 0.3 is 0 Å². The van der Waals surface area contributed by atoms with E-state index >= 15 is 0 Å². The molecule has 2 heterocycles. The first-order valence-electron chi connectivity index (χ1n) is 11.1. The van der Waals surface area contributed by atoms with Crippen molar-refractivity contribution in [3.8, 4) is 17.0 Å². The van der Waals surface area contributed by atoms with Crippen LogP contribution in [0.15, 0.2) is 79.3 Å². The summed E-state index contributed by atoms with van der Waals surface area (Å²) in [6.45, 7) is 3.99. The molecule has 2 aromatic heterocycles. The highest BCUT2D eigenvalue weighted by Gasteiger charge is 2.13. The Hall–Kier alpha value is -4.26. The number of nitrogens with one attached hydrogen (secondary N) is 2. The van der Waals surface area contributed by atoms with E-state index in [2.05, 4.69) is 27.5 Å². The fraction of sp³-hybridized carbons (Fsp3) is 0.185. The minimum atomic E-state index is -0.192. The first-order chi connectivity index (χ1) is 16.6. The summed E-state index contributed by atoms with van der Waals surface area (Å²) in [6, 6.07) is 19.1. The highest BCUT2D eigenvalue weighted by molar-refractivity contribution is 6.04. The van der Waals surface area contributed by atoms with E-state index in [1.54, 1.807) is 31.8 Å². The second kappa shape index (κ2) is 10.6. The van der Waals surface area contributed by atoms with Crippen molar-refractivity contribution in [2.45, 2.75) is 26.3 Å². The second-order valence-electron chi connectivity index (χ2n) is 7.89. The summed E-state index contributed by atoms with van der Waals surface area (Å²) in [4.78, 5) is 25.9. The Morgan fingerprint density at radius 1 is 1.03 bits per heavy atom. The molecule has 4 aromatic rings. The Morgan fingerprint density at radius 3 is 2.65 bits per heavy atom. The van der Waals surface area contributed by atoms with Gasteiger partial charge in [0, 0.05) is 23.1 Å². The highest BCUT2D eigenvalue weighted by atomic mass is 16.5. The molecule has 0 unspecified atom stereocenters. The Bertz CT molecular complexity index is 1270. The van der Waals surface area contributed by atoms with Crippen LogP contribution in [0, 0.1) is 6.92 Å². The zero-order valence-corrected chi connectivity index (χ0v) is 19.4. The molecule has 1 atom stereocenters. The quantitative estimate of drug-likeness (QED) is 0.357. The van der Waals surface area contributed by atoms with Crippen molar-refractivity contribution in [2.24, 2.45) is 0 Å². The van der Waals surface area contributed by atoms with Crippen LogP contribution >= 0.6 is 0 Å². The van der Waals surface area contributed by atoms with Gasteiger partial charge in [-0.25, -0.2) is 4.98 Å². The molecule has 0 aliphatic carbocycles. The maximum absolute atomic E-state index is 12.6. The van der Waals surface area contributed by atoms with Gasteiger partial charge in [-0.2, -0.15) is 0 Å². The predicted octanol–water partition coefficient (Wildman–Crippen LogP) is 5.67. The van der Waals surface area contributed by atoms with Crippen molar-refractivity contribution < 1.29 is 9.53 Å². The first-order valence-corrected chi connectivity index (χ1v) is 11.1. The Kier molecular flexibility index (Phi) is 7.13. The summed E-state index contributed by atoms with van der Waals surface area (Å²) in [5.74, 6) is 1.25. The summed E-state index contributed by atoms with van der Waals surface area (Å²) < 4.78 is 5.32. The number of methoxy groups -OCH3 is 1. The molecule has 0 spiro atoms. The van der Waals surface area contributed by atoms with Gasteiger partial charge in [-0.3, -0.25) is 14.8 Å². The van der Waals surface area contributed by atoms with E-state index in [1.165, 1.54) is 0 Å². The zero-order valence-electron chi connectivity index (χ0n) is 19.4. The van der Waals surface area contributed by atoms with E-state index < -0.39 is 0 Å². The molecule has 0 aliphatic heterocycles. The normalized spacial score (nSPS) is 11.5. The minimum Gasteiger partial charge on any atom is -0.497 e. The van der Waals surface area contributed by atoms with Gasteiger partial charge in [-0.1, -0.05) is 31.2 Å². The van der Waals surface area contributed by atoms with Crippen LogP contribution in [0.1, 0.15) is 41.0 Å². The Morgan fingerprint density at radius 2 is 1.88 bits per heavy atom. The third-order valence-electron chi connectivity index (χ3n) is 5.45. The van der Waals surface area contributed by atoms with Crippen LogP contribution in [0.5, 0.6) is 5.75 Å². The molecule has 0 saturated carbocycles. The number of nitrogens with zero attached hydrogens (tertiary/aromatic N) is 3. The fourth-order valence-electron chi connectivity index (χ4n) is 3.60. The minimum absolute atomic E-state index is 0.00671. The lowest BCUT2D eigenvalue weighted by molar-refractivity contribution is 0.102. The summed E-state index contributed by atoms with van der Waals surface area (Å²) in [7, 11) is 1.64. The molecule has 172 valence electrons. The number of carbonyl (C=O) groups excluding carboxylic acids is 1. The largest absolute Gasteiger partial charge is 0.497 e. The van der Waals surface area contributed by atoms with Crippen molar-refractivity contribution in [1.29, 1.82) is 0 Å². The molecule has 1 amide bonds. The molecule has 2 N–H and O–H groups in total. The van der Waals surface area contributed by atoms with Crippen LogP contribution in [-0.2, 0) is 0 Å². The van der Waals surface area contributed by atoms with Crippen molar-refractivity contribution >= 4 is 17.4 Å². The van der Waals surface area contributed by atoms with Crippen molar-refractivity contribution in [3.63, 3.8) is 0 Å². The SMILES string of the molecule is CC[C@H](Nc1cncc(-c2cccc(OC)c2)n1)c1cccc(NC(=O)c2ccc(C)nc2)c1. The van der Waals surface area contributed by atoms with Gasteiger partial charge in [-0.05, 0) is 55.3 Å². The molecule has 0 saturated heterocycles. The lowest BCUT2D eigenvalue weighted by Gasteiger charge is -2.19. The molecular weight excluding hydrogens is 426 g/mol. The lowest BCUT2D eigenvalue weighted by atomic mass is 10.0. The predicted molar refractivity (Wildman–Crippen MR) is 134 cm³/mol. The number of hydrogen-bond donors (Lipinski definition) is 2. The average Bonchev–Trinajstić information content (AvgIpc) is 2.88. The topological polar surface area (TPSA) is 89.0 Å². The maximum atomic E-state index is 12.6. The van der Waals surface area contributed by atoms with Crippen molar-refractivity contribution in [1.82, 2.24) is 15.0 Å². The molecule has 4 rings (SSSR count). The number of ether oxygens (including phenoxy) is 1. The molecular formula is C27H27N5O2. The van der Waals surface area contributed by atoms with Crippen LogP contribution in [0.3, 0.4) is 0 Å². The van der Waals surface area contributed by atoms with Crippen LogP contribution in [0.4, 0.5) is 11.5 Å². The first kappa shape index (κ1) is 22.9.